The van der Waals surface area contributed by atoms with Crippen molar-refractivity contribution in [1.82, 2.24) is 0 Å². The highest BCUT2D eigenvalue weighted by Gasteiger charge is 2.21. The van der Waals surface area contributed by atoms with Gasteiger partial charge in [0.25, 0.3) is 0 Å². The molecule has 66 heavy (non-hydrogen) atoms. The fourth-order valence-corrected chi connectivity index (χ4v) is 10.8. The van der Waals surface area contributed by atoms with E-state index in [1.807, 2.05) is 0 Å². The van der Waals surface area contributed by atoms with E-state index in [-0.39, 0.29) is 10.8 Å². The minimum atomic E-state index is 0.101. The van der Waals surface area contributed by atoms with E-state index >= 15 is 0 Å². The van der Waals surface area contributed by atoms with Gasteiger partial charge >= 0.3 is 0 Å². The van der Waals surface area contributed by atoms with Crippen LogP contribution in [0.25, 0.3) is 120 Å². The largest absolute Gasteiger partial charge is 0.0616 e. The molecule has 0 aliphatic carbocycles. The van der Waals surface area contributed by atoms with Crippen molar-refractivity contribution in [2.24, 2.45) is 0 Å². The van der Waals surface area contributed by atoms with Crippen molar-refractivity contribution in [3.63, 3.8) is 0 Å². The second-order valence-corrected chi connectivity index (χ2v) is 20.5. The van der Waals surface area contributed by atoms with Gasteiger partial charge in [0.1, 0.15) is 0 Å². The third kappa shape index (κ3) is 6.58. The summed E-state index contributed by atoms with van der Waals surface area (Å²) in [7, 11) is 0. The lowest BCUT2D eigenvalue weighted by molar-refractivity contribution is 0.591. The van der Waals surface area contributed by atoms with E-state index in [0.29, 0.717) is 0 Å². The molecular formula is C66H52. The summed E-state index contributed by atoms with van der Waals surface area (Å²) in [5, 5.41) is 17.7. The lowest BCUT2D eigenvalue weighted by Gasteiger charge is -2.20. The monoisotopic (exact) mass is 844 g/mol. The summed E-state index contributed by atoms with van der Waals surface area (Å²) in [4.78, 5) is 0. The Morgan fingerprint density at radius 2 is 0.439 bits per heavy atom. The Morgan fingerprint density at radius 1 is 0.212 bits per heavy atom. The highest BCUT2D eigenvalue weighted by atomic mass is 14.2. The molecular weight excluding hydrogens is 793 g/mol. The predicted molar refractivity (Wildman–Crippen MR) is 288 cm³/mol. The molecule has 12 aromatic carbocycles. The maximum absolute atomic E-state index is 2.43. The molecule has 0 N–H and O–H groups in total. The normalized spacial score (nSPS) is 12.4. The van der Waals surface area contributed by atoms with Crippen LogP contribution >= 0.6 is 0 Å². The average Bonchev–Trinajstić information content (AvgIpc) is 3.33. The van der Waals surface area contributed by atoms with Gasteiger partial charge in [-0.25, -0.2) is 0 Å². The van der Waals surface area contributed by atoms with Crippen LogP contribution in [-0.4, -0.2) is 0 Å². The molecule has 0 unspecified atom stereocenters. The SMILES string of the molecule is CC(C)(C)c1ccc2cc(-c3c4ccccc4c(-c4ccc5ccc(-c6c7ccccc7c(-c7ccc8cc(C(C)(C)C)ccc8c7)c7ccccc67)cc5c4)c4ccccc34)ccc2c1. The molecule has 316 valence electrons. The molecule has 0 bridgehead atoms. The molecule has 12 aromatic rings. The van der Waals surface area contributed by atoms with Gasteiger partial charge in [-0.1, -0.05) is 224 Å². The van der Waals surface area contributed by atoms with Crippen LogP contribution in [0.15, 0.2) is 206 Å². The quantitative estimate of drug-likeness (QED) is 0.155. The van der Waals surface area contributed by atoms with Crippen molar-refractivity contribution in [2.75, 3.05) is 0 Å². The maximum atomic E-state index is 2.43. The van der Waals surface area contributed by atoms with Gasteiger partial charge in [0.15, 0.2) is 0 Å². The molecule has 0 spiro atoms. The smallest absolute Gasteiger partial charge is 0.00262 e. The van der Waals surface area contributed by atoms with E-state index < -0.39 is 0 Å². The molecule has 0 fully saturated rings. The number of hydrogen-bond donors (Lipinski definition) is 0. The second-order valence-electron chi connectivity index (χ2n) is 20.5. The van der Waals surface area contributed by atoms with Gasteiger partial charge in [-0.3, -0.25) is 0 Å². The standard InChI is InChI=1S/C66H52/c1-65(2,3)51-33-31-42-35-46(29-25-44(42)39-51)61-53-15-7-11-19-57(53)63(58-20-12-8-16-54(58)61)48-27-23-41-24-28-49(38-50(41)37-48)64-59-21-13-9-17-55(59)62(56-18-10-14-22-60(56)64)47-30-26-45-40-52(66(4,5)6)34-32-43(45)36-47/h7-40H,1-6H3. The molecule has 0 nitrogen and oxygen atoms in total. The van der Waals surface area contributed by atoms with Crippen LogP contribution in [0.5, 0.6) is 0 Å². The lowest BCUT2D eigenvalue weighted by atomic mass is 9.83. The minimum Gasteiger partial charge on any atom is -0.0616 e. The summed E-state index contributed by atoms with van der Waals surface area (Å²) < 4.78 is 0. The second kappa shape index (κ2) is 15.0. The zero-order valence-corrected chi connectivity index (χ0v) is 38.6. The first-order valence-electron chi connectivity index (χ1n) is 23.5. The number of fused-ring (bicyclic) bond motifs is 7. The van der Waals surface area contributed by atoms with E-state index in [1.54, 1.807) is 0 Å². The van der Waals surface area contributed by atoms with Crippen LogP contribution in [0.2, 0.25) is 0 Å². The zero-order valence-electron chi connectivity index (χ0n) is 38.6. The minimum absolute atomic E-state index is 0.101. The summed E-state index contributed by atoms with van der Waals surface area (Å²) in [6.45, 7) is 13.7. The Kier molecular flexibility index (Phi) is 9.10. The van der Waals surface area contributed by atoms with Crippen LogP contribution in [0.3, 0.4) is 0 Å². The molecule has 0 amide bonds. The van der Waals surface area contributed by atoms with Crippen LogP contribution in [0.4, 0.5) is 0 Å². The maximum Gasteiger partial charge on any atom is -0.00262 e. The highest BCUT2D eigenvalue weighted by Crippen LogP contribution is 2.47. The highest BCUT2D eigenvalue weighted by molar-refractivity contribution is 6.24. The topological polar surface area (TPSA) is 0 Å². The molecule has 0 atom stereocenters. The zero-order chi connectivity index (χ0) is 44.9. The van der Waals surface area contributed by atoms with E-state index in [2.05, 4.69) is 248 Å². The fraction of sp³-hybridized carbons (Fsp3) is 0.121. The lowest BCUT2D eigenvalue weighted by Crippen LogP contribution is -2.10. The van der Waals surface area contributed by atoms with Gasteiger partial charge in [-0.15, -0.1) is 0 Å². The third-order valence-corrected chi connectivity index (χ3v) is 14.3. The molecule has 0 saturated heterocycles. The molecule has 0 heterocycles. The first-order chi connectivity index (χ1) is 32.0. The Balaban J connectivity index is 1.02. The van der Waals surface area contributed by atoms with Crippen LogP contribution in [0.1, 0.15) is 52.7 Å². The number of rotatable bonds is 4. The Labute approximate surface area is 387 Å². The third-order valence-electron chi connectivity index (χ3n) is 14.3. The van der Waals surface area contributed by atoms with Crippen molar-refractivity contribution < 1.29 is 0 Å². The van der Waals surface area contributed by atoms with Crippen LogP contribution in [-0.2, 0) is 10.8 Å². The van der Waals surface area contributed by atoms with Crippen molar-refractivity contribution >= 4 is 75.4 Å². The Hall–Kier alpha value is -7.54. The Morgan fingerprint density at radius 3 is 0.712 bits per heavy atom. The summed E-state index contributed by atoms with van der Waals surface area (Å²) in [5.41, 5.74) is 13.0. The van der Waals surface area contributed by atoms with Gasteiger partial charge in [0, 0.05) is 0 Å². The van der Waals surface area contributed by atoms with Crippen LogP contribution in [0, 0.1) is 0 Å². The first-order valence-corrected chi connectivity index (χ1v) is 23.5. The molecule has 0 heteroatoms. The number of benzene rings is 12. The van der Waals surface area contributed by atoms with Gasteiger partial charge in [0.2, 0.25) is 0 Å². The molecule has 0 aliphatic heterocycles. The fourth-order valence-electron chi connectivity index (χ4n) is 10.8. The molecule has 0 aromatic heterocycles. The summed E-state index contributed by atoms with van der Waals surface area (Å²) in [5.74, 6) is 0. The number of hydrogen-bond acceptors (Lipinski definition) is 0. The first kappa shape index (κ1) is 40.0. The molecule has 0 saturated carbocycles. The van der Waals surface area contributed by atoms with Crippen molar-refractivity contribution in [1.29, 1.82) is 0 Å². The average molecular weight is 845 g/mol. The Bertz CT molecular complexity index is 3570. The molecule has 12 rings (SSSR count). The van der Waals surface area contributed by atoms with Crippen molar-refractivity contribution in [3.05, 3.63) is 217 Å². The van der Waals surface area contributed by atoms with Crippen LogP contribution < -0.4 is 0 Å². The predicted octanol–water partition coefficient (Wildman–Crippen LogP) is 19.0. The summed E-state index contributed by atoms with van der Waals surface area (Å²) >= 11 is 0. The van der Waals surface area contributed by atoms with Crippen molar-refractivity contribution in [3.8, 4) is 44.5 Å². The summed E-state index contributed by atoms with van der Waals surface area (Å²) in [6.07, 6.45) is 0. The van der Waals surface area contributed by atoms with Gasteiger partial charge < -0.3 is 0 Å². The molecule has 0 radical (unpaired) electrons. The summed E-state index contributed by atoms with van der Waals surface area (Å²) in [6, 6.07) is 78.1. The van der Waals surface area contributed by atoms with Gasteiger partial charge in [0.05, 0.1) is 0 Å². The van der Waals surface area contributed by atoms with Crippen molar-refractivity contribution in [2.45, 2.75) is 52.4 Å². The van der Waals surface area contributed by atoms with E-state index in [4.69, 9.17) is 0 Å². The van der Waals surface area contributed by atoms with Gasteiger partial charge in [-0.05, 0) is 166 Å². The van der Waals surface area contributed by atoms with Gasteiger partial charge in [-0.2, -0.15) is 0 Å². The van der Waals surface area contributed by atoms with E-state index in [0.717, 1.165) is 0 Å². The van der Waals surface area contributed by atoms with E-state index in [1.165, 1.54) is 131 Å². The van der Waals surface area contributed by atoms with E-state index in [9.17, 15) is 0 Å². The molecule has 0 aliphatic rings.